The molecule has 2 unspecified atom stereocenters. The smallest absolute Gasteiger partial charge is 0.257 e. The van der Waals surface area contributed by atoms with Crippen molar-refractivity contribution in [3.8, 4) is 0 Å². The van der Waals surface area contributed by atoms with Crippen LogP contribution in [0.25, 0.3) is 0 Å². The molecule has 2 rings (SSSR count). The van der Waals surface area contributed by atoms with Crippen LogP contribution in [0.1, 0.15) is 43.0 Å². The largest absolute Gasteiger partial charge is 0.336 e. The third kappa shape index (κ3) is 2.56. The second-order valence-electron chi connectivity index (χ2n) is 4.93. The van der Waals surface area contributed by atoms with Crippen LogP contribution in [0.2, 0.25) is 0 Å². The zero-order valence-corrected chi connectivity index (χ0v) is 10.9. The molecule has 0 aliphatic heterocycles. The van der Waals surface area contributed by atoms with Gasteiger partial charge in [-0.2, -0.15) is 5.10 Å². The number of carbonyl (C=O) groups excluding carboxylic acids is 1. The van der Waals surface area contributed by atoms with E-state index in [0.717, 1.165) is 19.4 Å². The molecule has 1 aromatic heterocycles. The van der Waals surface area contributed by atoms with Crippen LogP contribution in [-0.2, 0) is 0 Å². The minimum Gasteiger partial charge on any atom is -0.336 e. The monoisotopic (exact) mass is 250 g/mol. The van der Waals surface area contributed by atoms with Gasteiger partial charge in [0, 0.05) is 18.8 Å². The lowest BCUT2D eigenvalue weighted by Crippen LogP contribution is -2.47. The highest BCUT2D eigenvalue weighted by Crippen LogP contribution is 2.28. The van der Waals surface area contributed by atoms with Crippen molar-refractivity contribution in [1.82, 2.24) is 15.1 Å². The van der Waals surface area contributed by atoms with Gasteiger partial charge in [-0.25, -0.2) is 0 Å². The van der Waals surface area contributed by atoms with E-state index in [1.54, 1.807) is 12.4 Å². The fraction of sp³-hybridized carbons (Fsp3) is 0.692. The molecule has 1 aliphatic rings. The first-order valence-corrected chi connectivity index (χ1v) is 6.77. The summed E-state index contributed by atoms with van der Waals surface area (Å²) in [7, 11) is 0. The van der Waals surface area contributed by atoms with E-state index in [9.17, 15) is 4.79 Å². The van der Waals surface area contributed by atoms with Crippen LogP contribution in [0.4, 0.5) is 0 Å². The number of hydrogen-bond donors (Lipinski definition) is 2. The van der Waals surface area contributed by atoms with Crippen LogP contribution < -0.4 is 5.73 Å². The number of rotatable bonds is 4. The van der Waals surface area contributed by atoms with Gasteiger partial charge in [0.25, 0.3) is 5.91 Å². The zero-order chi connectivity index (χ0) is 13.0. The van der Waals surface area contributed by atoms with Gasteiger partial charge in [0.2, 0.25) is 0 Å². The number of nitrogens with zero attached hydrogens (tertiary/aromatic N) is 2. The molecule has 100 valence electrons. The second kappa shape index (κ2) is 6.00. The molecule has 5 nitrogen and oxygen atoms in total. The summed E-state index contributed by atoms with van der Waals surface area (Å²) in [6, 6.07) is 0.288. The maximum absolute atomic E-state index is 12.4. The quantitative estimate of drug-likeness (QED) is 0.848. The Hall–Kier alpha value is -1.36. The van der Waals surface area contributed by atoms with Gasteiger partial charge in [0.15, 0.2) is 0 Å². The molecule has 18 heavy (non-hydrogen) atoms. The van der Waals surface area contributed by atoms with Crippen LogP contribution >= 0.6 is 0 Å². The maximum atomic E-state index is 12.4. The number of amides is 1. The molecule has 1 aliphatic carbocycles. The van der Waals surface area contributed by atoms with Gasteiger partial charge < -0.3 is 10.6 Å². The number of aromatic nitrogens is 2. The minimum atomic E-state index is 0.0663. The van der Waals surface area contributed by atoms with E-state index in [0.29, 0.717) is 18.0 Å². The molecule has 3 N–H and O–H groups in total. The summed E-state index contributed by atoms with van der Waals surface area (Å²) < 4.78 is 0. The molecule has 0 spiro atoms. The van der Waals surface area contributed by atoms with Crippen molar-refractivity contribution in [3.63, 3.8) is 0 Å². The fourth-order valence-corrected chi connectivity index (χ4v) is 2.94. The summed E-state index contributed by atoms with van der Waals surface area (Å²) in [4.78, 5) is 14.4. The predicted molar refractivity (Wildman–Crippen MR) is 70.1 cm³/mol. The van der Waals surface area contributed by atoms with Crippen molar-refractivity contribution in [2.24, 2.45) is 11.7 Å². The van der Waals surface area contributed by atoms with Gasteiger partial charge in [-0.05, 0) is 32.2 Å². The Morgan fingerprint density at radius 3 is 2.94 bits per heavy atom. The lowest BCUT2D eigenvalue weighted by Gasteiger charge is -2.39. The summed E-state index contributed by atoms with van der Waals surface area (Å²) >= 11 is 0. The predicted octanol–water partition coefficient (Wildman–Crippen LogP) is 1.39. The first kappa shape index (κ1) is 13.1. The van der Waals surface area contributed by atoms with E-state index in [2.05, 4.69) is 10.2 Å². The summed E-state index contributed by atoms with van der Waals surface area (Å²) in [5.41, 5.74) is 6.49. The number of carbonyl (C=O) groups is 1. The Labute approximate surface area is 108 Å². The molecule has 1 heterocycles. The fourth-order valence-electron chi connectivity index (χ4n) is 2.94. The average Bonchev–Trinajstić information content (AvgIpc) is 2.94. The van der Waals surface area contributed by atoms with Gasteiger partial charge in [-0.15, -0.1) is 0 Å². The molecule has 5 heteroatoms. The van der Waals surface area contributed by atoms with E-state index < -0.39 is 0 Å². The normalized spacial score (nSPS) is 23.9. The van der Waals surface area contributed by atoms with Crippen molar-refractivity contribution >= 4 is 5.91 Å². The van der Waals surface area contributed by atoms with Crippen molar-refractivity contribution in [2.75, 3.05) is 13.1 Å². The van der Waals surface area contributed by atoms with Gasteiger partial charge in [0.05, 0.1) is 11.8 Å². The second-order valence-corrected chi connectivity index (χ2v) is 4.93. The van der Waals surface area contributed by atoms with Crippen LogP contribution in [-0.4, -0.2) is 40.1 Å². The Morgan fingerprint density at radius 1 is 1.56 bits per heavy atom. The number of H-pyrrole nitrogens is 1. The third-order valence-electron chi connectivity index (χ3n) is 3.92. The standard InChI is InChI=1S/C13H22N4O/c1-2-17(13(18)11-8-15-16-9-11)12-6-4-3-5-10(12)7-14/h8-10,12H,2-7,14H2,1H3,(H,15,16). The molecule has 2 atom stereocenters. The highest BCUT2D eigenvalue weighted by atomic mass is 16.2. The summed E-state index contributed by atoms with van der Waals surface area (Å²) in [5.74, 6) is 0.506. The molecule has 1 saturated carbocycles. The molecule has 0 saturated heterocycles. The lowest BCUT2D eigenvalue weighted by molar-refractivity contribution is 0.0560. The Bertz CT molecular complexity index is 376. The third-order valence-corrected chi connectivity index (χ3v) is 3.92. The maximum Gasteiger partial charge on any atom is 0.257 e. The zero-order valence-electron chi connectivity index (χ0n) is 10.9. The van der Waals surface area contributed by atoms with E-state index >= 15 is 0 Å². The number of nitrogens with one attached hydrogen (secondary N) is 1. The summed E-state index contributed by atoms with van der Waals surface area (Å²) in [6.45, 7) is 3.42. The van der Waals surface area contributed by atoms with E-state index in [-0.39, 0.29) is 11.9 Å². The highest BCUT2D eigenvalue weighted by Gasteiger charge is 2.31. The summed E-state index contributed by atoms with van der Waals surface area (Å²) in [6.07, 6.45) is 7.87. The topological polar surface area (TPSA) is 75.0 Å². The van der Waals surface area contributed by atoms with Crippen LogP contribution in [0, 0.1) is 5.92 Å². The number of nitrogens with two attached hydrogens (primary N) is 1. The van der Waals surface area contributed by atoms with Gasteiger partial charge in [0.1, 0.15) is 0 Å². The van der Waals surface area contributed by atoms with Crippen molar-refractivity contribution < 1.29 is 4.79 Å². The van der Waals surface area contributed by atoms with E-state index in [1.165, 1.54) is 12.8 Å². The Kier molecular flexibility index (Phi) is 4.36. The van der Waals surface area contributed by atoms with Gasteiger partial charge in [-0.1, -0.05) is 12.8 Å². The van der Waals surface area contributed by atoms with Crippen molar-refractivity contribution in [2.45, 2.75) is 38.6 Å². The number of hydrogen-bond acceptors (Lipinski definition) is 3. The average molecular weight is 250 g/mol. The molecular weight excluding hydrogens is 228 g/mol. The molecule has 0 radical (unpaired) electrons. The molecule has 0 bridgehead atoms. The lowest BCUT2D eigenvalue weighted by atomic mass is 9.83. The van der Waals surface area contributed by atoms with Crippen molar-refractivity contribution in [1.29, 1.82) is 0 Å². The van der Waals surface area contributed by atoms with Crippen LogP contribution in [0.5, 0.6) is 0 Å². The SMILES string of the molecule is CCN(C(=O)c1cn[nH]c1)C1CCCCC1CN. The van der Waals surface area contributed by atoms with Crippen molar-refractivity contribution in [3.05, 3.63) is 18.0 Å². The highest BCUT2D eigenvalue weighted by molar-refractivity contribution is 5.93. The minimum absolute atomic E-state index is 0.0663. The molecule has 0 aromatic carbocycles. The van der Waals surface area contributed by atoms with E-state index in [1.807, 2.05) is 11.8 Å². The first-order chi connectivity index (χ1) is 8.77. The van der Waals surface area contributed by atoms with Gasteiger partial charge >= 0.3 is 0 Å². The first-order valence-electron chi connectivity index (χ1n) is 6.77. The Morgan fingerprint density at radius 2 is 2.33 bits per heavy atom. The number of aromatic amines is 1. The molecule has 1 amide bonds. The summed E-state index contributed by atoms with van der Waals surface area (Å²) in [5, 5.41) is 6.54. The molecular formula is C13H22N4O. The molecule has 1 aromatic rings. The molecule has 1 fully saturated rings. The Balaban J connectivity index is 2.14. The van der Waals surface area contributed by atoms with Crippen LogP contribution in [0.15, 0.2) is 12.4 Å². The van der Waals surface area contributed by atoms with Gasteiger partial charge in [-0.3, -0.25) is 9.89 Å². The van der Waals surface area contributed by atoms with E-state index in [4.69, 9.17) is 5.73 Å². The van der Waals surface area contributed by atoms with Crippen LogP contribution in [0.3, 0.4) is 0 Å².